The summed E-state index contributed by atoms with van der Waals surface area (Å²) in [4.78, 5) is 12.3. The van der Waals surface area contributed by atoms with Gasteiger partial charge < -0.3 is 4.74 Å². The monoisotopic (exact) mass is 387 g/mol. The molecule has 0 spiro atoms. The number of hydrogen-bond acceptors (Lipinski definition) is 4. The summed E-state index contributed by atoms with van der Waals surface area (Å²) in [6.07, 6.45) is 3.53. The van der Waals surface area contributed by atoms with Crippen molar-refractivity contribution in [1.82, 2.24) is 4.31 Å². The molecule has 1 aliphatic rings. The van der Waals surface area contributed by atoms with E-state index in [4.69, 9.17) is 4.74 Å². The van der Waals surface area contributed by atoms with E-state index in [-0.39, 0.29) is 12.4 Å². The SMILES string of the molecule is CCc1ccc(OC(=O)CCc2ccc(S(=O)(=O)N3CCCC3)cc2)cc1. The van der Waals surface area contributed by atoms with Crippen molar-refractivity contribution in [2.24, 2.45) is 0 Å². The fourth-order valence-electron chi connectivity index (χ4n) is 3.13. The standard InChI is InChI=1S/C21H25NO4S/c1-2-17-5-10-19(11-6-17)26-21(23)14-9-18-7-12-20(13-8-18)27(24,25)22-15-3-4-16-22/h5-8,10-13H,2-4,9,14-16H2,1H3. The number of ether oxygens (including phenoxy) is 1. The van der Waals surface area contributed by atoms with Gasteiger partial charge in [0.2, 0.25) is 10.0 Å². The van der Waals surface area contributed by atoms with Gasteiger partial charge in [0.25, 0.3) is 0 Å². The van der Waals surface area contributed by atoms with Crippen LogP contribution in [-0.2, 0) is 27.7 Å². The normalized spacial score (nSPS) is 15.0. The van der Waals surface area contributed by atoms with E-state index in [1.165, 1.54) is 9.87 Å². The lowest BCUT2D eigenvalue weighted by atomic mass is 10.1. The van der Waals surface area contributed by atoms with E-state index in [1.807, 2.05) is 12.1 Å². The predicted molar refractivity (Wildman–Crippen MR) is 104 cm³/mol. The minimum atomic E-state index is -3.39. The highest BCUT2D eigenvalue weighted by Gasteiger charge is 2.26. The molecular formula is C21H25NO4S. The first-order valence-electron chi connectivity index (χ1n) is 9.38. The van der Waals surface area contributed by atoms with Gasteiger partial charge in [-0.25, -0.2) is 8.42 Å². The topological polar surface area (TPSA) is 63.7 Å². The molecule has 2 aromatic carbocycles. The number of hydrogen-bond donors (Lipinski definition) is 0. The van der Waals surface area contributed by atoms with Gasteiger partial charge >= 0.3 is 5.97 Å². The predicted octanol–water partition coefficient (Wildman–Crippen LogP) is 3.57. The summed E-state index contributed by atoms with van der Waals surface area (Å²) in [5.74, 6) is 0.247. The molecule has 0 aromatic heterocycles. The zero-order chi connectivity index (χ0) is 19.3. The number of nitrogens with zero attached hydrogens (tertiary/aromatic N) is 1. The Morgan fingerprint density at radius 2 is 1.56 bits per heavy atom. The Hall–Kier alpha value is -2.18. The average Bonchev–Trinajstić information content (AvgIpc) is 3.23. The van der Waals surface area contributed by atoms with Crippen molar-refractivity contribution in [3.63, 3.8) is 0 Å². The highest BCUT2D eigenvalue weighted by atomic mass is 32.2. The van der Waals surface area contributed by atoms with Crippen molar-refractivity contribution >= 4 is 16.0 Å². The van der Waals surface area contributed by atoms with Gasteiger partial charge in [-0.3, -0.25) is 4.79 Å². The van der Waals surface area contributed by atoms with E-state index in [0.29, 0.717) is 30.2 Å². The molecule has 0 aliphatic carbocycles. The van der Waals surface area contributed by atoms with Crippen LogP contribution in [-0.4, -0.2) is 31.8 Å². The smallest absolute Gasteiger partial charge is 0.311 e. The number of benzene rings is 2. The molecule has 1 heterocycles. The Balaban J connectivity index is 1.54. The summed E-state index contributed by atoms with van der Waals surface area (Å²) in [6.45, 7) is 3.26. The molecule has 1 saturated heterocycles. The first-order valence-corrected chi connectivity index (χ1v) is 10.8. The van der Waals surface area contributed by atoms with E-state index in [1.54, 1.807) is 36.4 Å². The number of rotatable bonds is 7. The van der Waals surface area contributed by atoms with Gasteiger partial charge in [0.1, 0.15) is 5.75 Å². The molecule has 27 heavy (non-hydrogen) atoms. The van der Waals surface area contributed by atoms with E-state index >= 15 is 0 Å². The number of carbonyl (C=O) groups is 1. The highest BCUT2D eigenvalue weighted by Crippen LogP contribution is 2.21. The summed E-state index contributed by atoms with van der Waals surface area (Å²) in [6, 6.07) is 14.3. The molecule has 0 unspecified atom stereocenters. The van der Waals surface area contributed by atoms with Crippen molar-refractivity contribution in [1.29, 1.82) is 0 Å². The molecule has 2 aromatic rings. The van der Waals surface area contributed by atoms with Crippen LogP contribution >= 0.6 is 0 Å². The van der Waals surface area contributed by atoms with E-state index in [0.717, 1.165) is 24.8 Å². The number of carbonyl (C=O) groups excluding carboxylic acids is 1. The number of sulfonamides is 1. The van der Waals surface area contributed by atoms with Crippen LogP contribution in [0.2, 0.25) is 0 Å². The maximum Gasteiger partial charge on any atom is 0.311 e. The van der Waals surface area contributed by atoms with Gasteiger partial charge in [-0.05, 0) is 61.1 Å². The summed E-state index contributed by atoms with van der Waals surface area (Å²) >= 11 is 0. The quantitative estimate of drug-likeness (QED) is 0.538. The maximum atomic E-state index is 12.5. The molecule has 3 rings (SSSR count). The van der Waals surface area contributed by atoms with Gasteiger partial charge in [-0.1, -0.05) is 31.2 Å². The lowest BCUT2D eigenvalue weighted by Crippen LogP contribution is -2.27. The lowest BCUT2D eigenvalue weighted by Gasteiger charge is -2.15. The van der Waals surface area contributed by atoms with Crippen molar-refractivity contribution in [2.75, 3.05) is 13.1 Å². The summed E-state index contributed by atoms with van der Waals surface area (Å²) in [5.41, 5.74) is 2.10. The first kappa shape index (κ1) is 19.6. The summed E-state index contributed by atoms with van der Waals surface area (Å²) < 4.78 is 31.9. The first-order chi connectivity index (χ1) is 13.0. The molecule has 5 nitrogen and oxygen atoms in total. The number of aryl methyl sites for hydroxylation is 2. The Kier molecular flexibility index (Phi) is 6.29. The van der Waals surface area contributed by atoms with Gasteiger partial charge in [0, 0.05) is 19.5 Å². The van der Waals surface area contributed by atoms with Crippen molar-refractivity contribution in [2.45, 2.75) is 43.9 Å². The van der Waals surface area contributed by atoms with Crippen LogP contribution in [0.1, 0.15) is 37.3 Å². The van der Waals surface area contributed by atoms with Crippen LogP contribution in [0.5, 0.6) is 5.75 Å². The van der Waals surface area contributed by atoms with Crippen LogP contribution in [0.3, 0.4) is 0 Å². The van der Waals surface area contributed by atoms with Crippen LogP contribution in [0.15, 0.2) is 53.4 Å². The molecule has 0 saturated carbocycles. The highest BCUT2D eigenvalue weighted by molar-refractivity contribution is 7.89. The van der Waals surface area contributed by atoms with Gasteiger partial charge in [-0.2, -0.15) is 4.31 Å². The zero-order valence-corrected chi connectivity index (χ0v) is 16.4. The third kappa shape index (κ3) is 4.96. The zero-order valence-electron chi connectivity index (χ0n) is 15.6. The fourth-order valence-corrected chi connectivity index (χ4v) is 4.64. The number of esters is 1. The third-order valence-electron chi connectivity index (χ3n) is 4.81. The van der Waals surface area contributed by atoms with E-state index in [9.17, 15) is 13.2 Å². The second kappa shape index (κ2) is 8.67. The second-order valence-electron chi connectivity index (χ2n) is 6.73. The molecule has 144 valence electrons. The Morgan fingerprint density at radius 1 is 0.963 bits per heavy atom. The second-order valence-corrected chi connectivity index (χ2v) is 8.66. The van der Waals surface area contributed by atoms with Crippen molar-refractivity contribution in [3.05, 3.63) is 59.7 Å². The largest absolute Gasteiger partial charge is 0.427 e. The minimum absolute atomic E-state index is 0.244. The average molecular weight is 388 g/mol. The molecule has 1 fully saturated rings. The van der Waals surface area contributed by atoms with Crippen LogP contribution in [0, 0.1) is 0 Å². The summed E-state index contributed by atoms with van der Waals surface area (Å²) in [5, 5.41) is 0. The minimum Gasteiger partial charge on any atom is -0.427 e. The van der Waals surface area contributed by atoms with Crippen molar-refractivity contribution in [3.8, 4) is 5.75 Å². The molecule has 1 aliphatic heterocycles. The fraction of sp³-hybridized carbons (Fsp3) is 0.381. The lowest BCUT2D eigenvalue weighted by molar-refractivity contribution is -0.134. The molecule has 0 N–H and O–H groups in total. The van der Waals surface area contributed by atoms with Gasteiger partial charge in [0.15, 0.2) is 0 Å². The third-order valence-corrected chi connectivity index (χ3v) is 6.72. The van der Waals surface area contributed by atoms with Gasteiger partial charge in [0.05, 0.1) is 4.90 Å². The maximum absolute atomic E-state index is 12.5. The van der Waals surface area contributed by atoms with Crippen LogP contribution in [0.4, 0.5) is 0 Å². The van der Waals surface area contributed by atoms with Gasteiger partial charge in [-0.15, -0.1) is 0 Å². The Labute approximate surface area is 161 Å². The van der Waals surface area contributed by atoms with Crippen molar-refractivity contribution < 1.29 is 17.9 Å². The molecule has 0 atom stereocenters. The van der Waals surface area contributed by atoms with Crippen LogP contribution in [0.25, 0.3) is 0 Å². The van der Waals surface area contributed by atoms with E-state index in [2.05, 4.69) is 6.92 Å². The molecular weight excluding hydrogens is 362 g/mol. The molecule has 6 heteroatoms. The Bertz CT molecular complexity index is 867. The van der Waals surface area contributed by atoms with Crippen LogP contribution < -0.4 is 4.74 Å². The van der Waals surface area contributed by atoms with E-state index < -0.39 is 10.0 Å². The Morgan fingerprint density at radius 3 is 2.15 bits per heavy atom. The molecule has 0 amide bonds. The molecule has 0 bridgehead atoms. The molecule has 0 radical (unpaired) electrons. The summed E-state index contributed by atoms with van der Waals surface area (Å²) in [7, 11) is -3.39.